The molecule has 4 nitrogen and oxygen atoms in total. The molecule has 1 heterocycles. The highest BCUT2D eigenvalue weighted by molar-refractivity contribution is 6.42. The third kappa shape index (κ3) is 3.32. The number of halogens is 2. The molecular weight excluding hydrogens is 299 g/mol. The number of nitrogens with one attached hydrogen (secondary N) is 1. The van der Waals surface area contributed by atoms with Crippen molar-refractivity contribution >= 4 is 34.9 Å². The van der Waals surface area contributed by atoms with Gasteiger partial charge in [-0.25, -0.2) is 0 Å². The van der Waals surface area contributed by atoms with Gasteiger partial charge in [0.1, 0.15) is 0 Å². The zero-order valence-electron chi connectivity index (χ0n) is 11.2. The monoisotopic (exact) mass is 314 g/mol. The normalized spacial score (nSPS) is 19.8. The minimum Gasteiger partial charge on any atom is -0.353 e. The van der Waals surface area contributed by atoms with Gasteiger partial charge in [0.05, 0.1) is 22.6 Å². The van der Waals surface area contributed by atoms with E-state index in [9.17, 15) is 9.59 Å². The topological polar surface area (TPSA) is 49.4 Å². The van der Waals surface area contributed by atoms with Crippen LogP contribution in [0.5, 0.6) is 0 Å². The Kier molecular flexibility index (Phi) is 5.02. The number of hydrogen-bond acceptors (Lipinski definition) is 3. The molecule has 0 saturated carbocycles. The number of nitrogens with zero attached hydrogens (tertiary/aromatic N) is 1. The van der Waals surface area contributed by atoms with Gasteiger partial charge < -0.3 is 5.32 Å². The highest BCUT2D eigenvalue weighted by Crippen LogP contribution is 2.23. The van der Waals surface area contributed by atoms with E-state index >= 15 is 0 Å². The summed E-state index contributed by atoms with van der Waals surface area (Å²) in [6.07, 6.45) is 0.681. The highest BCUT2D eigenvalue weighted by Gasteiger charge is 2.29. The first-order valence-corrected chi connectivity index (χ1v) is 7.28. The van der Waals surface area contributed by atoms with Crippen molar-refractivity contribution in [3.63, 3.8) is 0 Å². The second-order valence-electron chi connectivity index (χ2n) is 4.74. The van der Waals surface area contributed by atoms with E-state index in [0.717, 1.165) is 0 Å². The van der Waals surface area contributed by atoms with Crippen molar-refractivity contribution in [1.82, 2.24) is 10.2 Å². The van der Waals surface area contributed by atoms with Gasteiger partial charge in [-0.15, -0.1) is 0 Å². The number of rotatable bonds is 4. The lowest BCUT2D eigenvalue weighted by Gasteiger charge is -2.33. The molecule has 1 aromatic carbocycles. The molecule has 1 unspecified atom stereocenters. The quantitative estimate of drug-likeness (QED) is 0.868. The summed E-state index contributed by atoms with van der Waals surface area (Å²) in [7, 11) is 0. The molecule has 1 aliphatic heterocycles. The Morgan fingerprint density at radius 1 is 1.40 bits per heavy atom. The molecule has 1 fully saturated rings. The van der Waals surface area contributed by atoms with Crippen molar-refractivity contribution in [1.29, 1.82) is 0 Å². The highest BCUT2D eigenvalue weighted by atomic mass is 35.5. The molecule has 1 aliphatic rings. The molecular formula is C14H16Cl2N2O2. The first kappa shape index (κ1) is 15.3. The fraction of sp³-hybridized carbons (Fsp3) is 0.429. The maximum absolute atomic E-state index is 12.3. The van der Waals surface area contributed by atoms with E-state index in [0.29, 0.717) is 35.1 Å². The van der Waals surface area contributed by atoms with Gasteiger partial charge in [0.15, 0.2) is 5.78 Å². The third-order valence-electron chi connectivity index (χ3n) is 3.42. The molecule has 0 aliphatic carbocycles. The van der Waals surface area contributed by atoms with E-state index in [1.807, 2.05) is 11.8 Å². The van der Waals surface area contributed by atoms with Gasteiger partial charge in [-0.3, -0.25) is 14.5 Å². The molecule has 1 amide bonds. The molecule has 1 N–H and O–H groups in total. The number of ketones is 1. The predicted molar refractivity (Wildman–Crippen MR) is 79.5 cm³/mol. The lowest BCUT2D eigenvalue weighted by Crippen LogP contribution is -2.56. The molecule has 1 aromatic rings. The number of hydrogen-bond donors (Lipinski definition) is 1. The fourth-order valence-corrected chi connectivity index (χ4v) is 2.64. The van der Waals surface area contributed by atoms with Crippen LogP contribution in [0.15, 0.2) is 18.2 Å². The van der Waals surface area contributed by atoms with Crippen molar-refractivity contribution in [2.75, 3.05) is 19.6 Å². The molecule has 0 bridgehead atoms. The van der Waals surface area contributed by atoms with Gasteiger partial charge in [0.2, 0.25) is 5.91 Å². The summed E-state index contributed by atoms with van der Waals surface area (Å²) in [5.74, 6) is -0.0718. The van der Waals surface area contributed by atoms with Crippen molar-refractivity contribution in [2.24, 2.45) is 0 Å². The average molecular weight is 315 g/mol. The van der Waals surface area contributed by atoms with Crippen LogP contribution >= 0.6 is 23.2 Å². The maximum Gasteiger partial charge on any atom is 0.237 e. The van der Waals surface area contributed by atoms with Crippen molar-refractivity contribution in [3.05, 3.63) is 33.8 Å². The Balaban J connectivity index is 2.10. The molecule has 0 radical (unpaired) electrons. The first-order chi connectivity index (χ1) is 9.52. The molecule has 0 spiro atoms. The number of amides is 1. The lowest BCUT2D eigenvalue weighted by molar-refractivity contribution is -0.128. The first-order valence-electron chi connectivity index (χ1n) is 6.53. The van der Waals surface area contributed by atoms with E-state index in [2.05, 4.69) is 5.32 Å². The van der Waals surface area contributed by atoms with Crippen LogP contribution < -0.4 is 5.32 Å². The zero-order valence-corrected chi connectivity index (χ0v) is 12.7. The number of benzene rings is 1. The Labute approximate surface area is 128 Å². The summed E-state index contributed by atoms with van der Waals surface area (Å²) >= 11 is 11.8. The van der Waals surface area contributed by atoms with Crippen molar-refractivity contribution in [3.8, 4) is 0 Å². The van der Waals surface area contributed by atoms with Crippen LogP contribution in [0, 0.1) is 0 Å². The number of piperazine rings is 1. The van der Waals surface area contributed by atoms with Gasteiger partial charge in [-0.1, -0.05) is 30.1 Å². The summed E-state index contributed by atoms with van der Waals surface area (Å²) in [5, 5.41) is 3.60. The minimum atomic E-state index is -0.240. The Bertz CT molecular complexity index is 534. The summed E-state index contributed by atoms with van der Waals surface area (Å²) < 4.78 is 0. The summed E-state index contributed by atoms with van der Waals surface area (Å²) in [4.78, 5) is 25.9. The standard InChI is InChI=1S/C14H16Cl2N2O2/c1-2-12-14(20)17-5-6-18(12)8-13(19)9-3-4-10(15)11(16)7-9/h3-4,7,12H,2,5-6,8H2,1H3,(H,17,20). The van der Waals surface area contributed by atoms with Crippen molar-refractivity contribution in [2.45, 2.75) is 19.4 Å². The number of carbonyl (C=O) groups excluding carboxylic acids is 2. The maximum atomic E-state index is 12.3. The minimum absolute atomic E-state index is 0.0133. The lowest BCUT2D eigenvalue weighted by atomic mass is 10.1. The van der Waals surface area contributed by atoms with Crippen LogP contribution in [-0.2, 0) is 4.79 Å². The summed E-state index contributed by atoms with van der Waals surface area (Å²) in [6.45, 7) is 3.40. The Hall–Kier alpha value is -1.10. The van der Waals surface area contributed by atoms with Gasteiger partial charge in [0, 0.05) is 18.7 Å². The third-order valence-corrected chi connectivity index (χ3v) is 4.16. The van der Waals surface area contributed by atoms with Crippen LogP contribution in [0.4, 0.5) is 0 Å². The molecule has 6 heteroatoms. The summed E-state index contributed by atoms with van der Waals surface area (Å²) in [5.41, 5.74) is 0.514. The molecule has 20 heavy (non-hydrogen) atoms. The number of Topliss-reactive ketones (excluding diaryl/α,β-unsaturated/α-hetero) is 1. The van der Waals surface area contributed by atoms with Crippen LogP contribution in [0.1, 0.15) is 23.7 Å². The van der Waals surface area contributed by atoms with Crippen LogP contribution in [0.3, 0.4) is 0 Å². The second kappa shape index (κ2) is 6.57. The summed E-state index contributed by atoms with van der Waals surface area (Å²) in [6, 6.07) is 4.59. The number of carbonyl (C=O) groups is 2. The molecule has 108 valence electrons. The van der Waals surface area contributed by atoms with Crippen molar-refractivity contribution < 1.29 is 9.59 Å². The van der Waals surface area contributed by atoms with E-state index in [1.165, 1.54) is 0 Å². The SMILES string of the molecule is CCC1C(=O)NCCN1CC(=O)c1ccc(Cl)c(Cl)c1. The second-order valence-corrected chi connectivity index (χ2v) is 5.55. The largest absolute Gasteiger partial charge is 0.353 e. The molecule has 1 saturated heterocycles. The van der Waals surface area contributed by atoms with Crippen LogP contribution in [0.2, 0.25) is 10.0 Å². The van der Waals surface area contributed by atoms with E-state index in [1.54, 1.807) is 18.2 Å². The smallest absolute Gasteiger partial charge is 0.237 e. The molecule has 0 aromatic heterocycles. The molecule has 1 atom stereocenters. The van der Waals surface area contributed by atoms with Gasteiger partial charge in [0.25, 0.3) is 0 Å². The van der Waals surface area contributed by atoms with E-state index in [-0.39, 0.29) is 24.3 Å². The van der Waals surface area contributed by atoms with Crippen LogP contribution in [0.25, 0.3) is 0 Å². The van der Waals surface area contributed by atoms with E-state index < -0.39 is 0 Å². The van der Waals surface area contributed by atoms with Gasteiger partial charge in [-0.2, -0.15) is 0 Å². The predicted octanol–water partition coefficient (Wildman–Crippen LogP) is 2.39. The Morgan fingerprint density at radius 3 is 2.80 bits per heavy atom. The van der Waals surface area contributed by atoms with Gasteiger partial charge >= 0.3 is 0 Å². The molecule has 2 rings (SSSR count). The Morgan fingerprint density at radius 2 is 2.15 bits per heavy atom. The fourth-order valence-electron chi connectivity index (χ4n) is 2.34. The van der Waals surface area contributed by atoms with Gasteiger partial charge in [-0.05, 0) is 24.6 Å². The zero-order chi connectivity index (χ0) is 14.7. The van der Waals surface area contributed by atoms with Crippen LogP contribution in [-0.4, -0.2) is 42.3 Å². The average Bonchev–Trinajstić information content (AvgIpc) is 2.42. The van der Waals surface area contributed by atoms with E-state index in [4.69, 9.17) is 23.2 Å².